The second kappa shape index (κ2) is 9.06. The zero-order chi connectivity index (χ0) is 23.7. The molecule has 8 nitrogen and oxygen atoms in total. The van der Waals surface area contributed by atoms with E-state index >= 15 is 0 Å². The molecule has 2 aromatic rings. The van der Waals surface area contributed by atoms with Gasteiger partial charge in [0.25, 0.3) is 0 Å². The molecule has 0 bridgehead atoms. The first-order valence-electron chi connectivity index (χ1n) is 9.50. The molecule has 32 heavy (non-hydrogen) atoms. The van der Waals surface area contributed by atoms with E-state index < -0.39 is 38.8 Å². The standard InChI is InChI=1S/C20H19F2IO8S/c1-19(7-3-2-4-8-19)31-18(25)30-16-11-13-9-14(6-5-12(13)10-15(16)23)29-17(24)20(21,22)32(26,27)28/h5-6,9-11H,2-4,7-8H2,1H3,(H,26,27,28)/p-1. The van der Waals surface area contributed by atoms with Gasteiger partial charge in [-0.1, -0.05) is 12.5 Å². The summed E-state index contributed by atoms with van der Waals surface area (Å²) >= 11 is 1.95. The SMILES string of the molecule is CC1(OC(=O)Oc2cc3cc(OC(=O)C(F)(F)S(=O)(=O)[O-])ccc3cc2I)CCCCC1. The van der Waals surface area contributed by atoms with E-state index in [1.54, 1.807) is 6.07 Å². The lowest BCUT2D eigenvalue weighted by atomic mass is 9.86. The number of carbonyl (C=O) groups is 2. The van der Waals surface area contributed by atoms with Crippen molar-refractivity contribution in [3.63, 3.8) is 0 Å². The van der Waals surface area contributed by atoms with Gasteiger partial charge in [-0.3, -0.25) is 0 Å². The maximum atomic E-state index is 13.4. The van der Waals surface area contributed by atoms with Crippen molar-refractivity contribution in [2.24, 2.45) is 0 Å². The number of halogens is 3. The van der Waals surface area contributed by atoms with E-state index in [1.807, 2.05) is 29.5 Å². The molecule has 0 spiro atoms. The van der Waals surface area contributed by atoms with E-state index in [0.29, 0.717) is 14.3 Å². The fourth-order valence-electron chi connectivity index (χ4n) is 3.35. The Kier molecular flexibility index (Phi) is 6.96. The van der Waals surface area contributed by atoms with Gasteiger partial charge in [-0.25, -0.2) is 18.0 Å². The van der Waals surface area contributed by atoms with Gasteiger partial charge in [0.05, 0.1) is 3.57 Å². The first-order chi connectivity index (χ1) is 14.8. The molecule has 0 N–H and O–H groups in total. The molecule has 0 aliphatic heterocycles. The Morgan fingerprint density at radius 3 is 2.34 bits per heavy atom. The van der Waals surface area contributed by atoms with Gasteiger partial charge in [-0.15, -0.1) is 0 Å². The number of ether oxygens (including phenoxy) is 3. The van der Waals surface area contributed by atoms with Crippen LogP contribution in [0.1, 0.15) is 39.0 Å². The van der Waals surface area contributed by atoms with Gasteiger partial charge in [0.2, 0.25) is 0 Å². The zero-order valence-electron chi connectivity index (χ0n) is 16.7. The number of hydrogen-bond donors (Lipinski definition) is 0. The Morgan fingerprint density at radius 1 is 1.06 bits per heavy atom. The van der Waals surface area contributed by atoms with Gasteiger partial charge in [0.1, 0.15) is 17.1 Å². The minimum Gasteiger partial charge on any atom is -0.743 e. The summed E-state index contributed by atoms with van der Waals surface area (Å²) in [6.07, 6.45) is 3.56. The molecule has 0 unspecified atom stereocenters. The fourth-order valence-corrected chi connectivity index (χ4v) is 4.20. The van der Waals surface area contributed by atoms with Crippen molar-refractivity contribution in [1.82, 2.24) is 0 Å². The summed E-state index contributed by atoms with van der Waals surface area (Å²) in [4.78, 5) is 23.8. The molecule has 1 saturated carbocycles. The summed E-state index contributed by atoms with van der Waals surface area (Å²) in [5, 5.41) is -4.30. The van der Waals surface area contributed by atoms with Crippen LogP contribution in [0.25, 0.3) is 10.8 Å². The molecular weight excluding hydrogens is 565 g/mol. The predicted molar refractivity (Wildman–Crippen MR) is 116 cm³/mol. The molecule has 0 aromatic heterocycles. The highest BCUT2D eigenvalue weighted by Crippen LogP contribution is 2.34. The van der Waals surface area contributed by atoms with Crippen LogP contribution in [0, 0.1) is 3.57 Å². The van der Waals surface area contributed by atoms with Crippen molar-refractivity contribution in [3.05, 3.63) is 33.9 Å². The summed E-state index contributed by atoms with van der Waals surface area (Å²) in [5.74, 6) is -2.80. The minimum absolute atomic E-state index is 0.137. The average Bonchev–Trinajstić information content (AvgIpc) is 2.68. The van der Waals surface area contributed by atoms with Gasteiger partial charge < -0.3 is 18.8 Å². The fraction of sp³-hybridized carbons (Fsp3) is 0.400. The molecule has 1 fully saturated rings. The zero-order valence-corrected chi connectivity index (χ0v) is 19.7. The van der Waals surface area contributed by atoms with E-state index in [9.17, 15) is 31.3 Å². The molecule has 0 atom stereocenters. The summed E-state index contributed by atoms with van der Waals surface area (Å²) < 4.78 is 74.2. The number of fused-ring (bicyclic) bond motifs is 1. The average molecular weight is 583 g/mol. The second-order valence-corrected chi connectivity index (χ2v) is 10.2. The minimum atomic E-state index is -6.24. The van der Waals surface area contributed by atoms with E-state index in [1.165, 1.54) is 12.1 Å². The maximum Gasteiger partial charge on any atom is 0.514 e. The summed E-state index contributed by atoms with van der Waals surface area (Å²) in [6.45, 7) is 1.84. The van der Waals surface area contributed by atoms with Gasteiger partial charge in [-0.2, -0.15) is 8.78 Å². The molecule has 174 valence electrons. The molecule has 2 aromatic carbocycles. The first-order valence-corrected chi connectivity index (χ1v) is 12.0. The van der Waals surface area contributed by atoms with Gasteiger partial charge >= 0.3 is 17.4 Å². The Bertz CT molecular complexity index is 1160. The van der Waals surface area contributed by atoms with Crippen LogP contribution in [0.2, 0.25) is 0 Å². The van der Waals surface area contributed by atoms with E-state index in [-0.39, 0.29) is 5.75 Å². The monoisotopic (exact) mass is 583 g/mol. The third-order valence-electron chi connectivity index (χ3n) is 5.06. The Balaban J connectivity index is 1.80. The highest BCUT2D eigenvalue weighted by molar-refractivity contribution is 14.1. The molecule has 1 aliphatic carbocycles. The smallest absolute Gasteiger partial charge is 0.514 e. The van der Waals surface area contributed by atoms with Crippen LogP contribution in [0.5, 0.6) is 11.5 Å². The lowest BCUT2D eigenvalue weighted by Crippen LogP contribution is -2.40. The van der Waals surface area contributed by atoms with Crippen molar-refractivity contribution in [2.45, 2.75) is 49.9 Å². The molecule has 0 heterocycles. The molecule has 3 rings (SSSR count). The predicted octanol–water partition coefficient (Wildman–Crippen LogP) is 4.73. The van der Waals surface area contributed by atoms with Crippen molar-refractivity contribution in [2.75, 3.05) is 0 Å². The quantitative estimate of drug-likeness (QED) is 0.163. The van der Waals surface area contributed by atoms with Crippen molar-refractivity contribution in [3.8, 4) is 11.5 Å². The maximum absolute atomic E-state index is 13.4. The van der Waals surface area contributed by atoms with Crippen LogP contribution < -0.4 is 9.47 Å². The number of esters is 1. The number of carbonyl (C=O) groups excluding carboxylic acids is 2. The topological polar surface area (TPSA) is 119 Å². The first kappa shape index (κ1) is 24.6. The van der Waals surface area contributed by atoms with Crippen LogP contribution in [-0.4, -0.2) is 36.0 Å². The van der Waals surface area contributed by atoms with Crippen molar-refractivity contribution >= 4 is 55.6 Å². The molecule has 0 saturated heterocycles. The Labute approximate surface area is 196 Å². The molecule has 12 heteroatoms. The molecule has 0 radical (unpaired) electrons. The normalized spacial score (nSPS) is 16.4. The number of alkyl halides is 2. The Hall–Kier alpha value is -2.06. The third-order valence-corrected chi connectivity index (χ3v) is 6.70. The molecule has 0 amide bonds. The molecular formula is C20H18F2IO8S-. The van der Waals surface area contributed by atoms with Crippen LogP contribution in [0.3, 0.4) is 0 Å². The van der Waals surface area contributed by atoms with Gasteiger partial charge in [-0.05, 0) is 90.2 Å². The van der Waals surface area contributed by atoms with Crippen molar-refractivity contribution in [1.29, 1.82) is 0 Å². The van der Waals surface area contributed by atoms with Crippen LogP contribution in [-0.2, 0) is 19.6 Å². The lowest BCUT2D eigenvalue weighted by molar-refractivity contribution is -0.151. The highest BCUT2D eigenvalue weighted by Gasteiger charge is 2.48. The second-order valence-electron chi connectivity index (χ2n) is 7.62. The molecule has 1 aliphatic rings. The van der Waals surface area contributed by atoms with Crippen LogP contribution in [0.15, 0.2) is 30.3 Å². The third kappa shape index (κ3) is 5.46. The number of benzene rings is 2. The van der Waals surface area contributed by atoms with Gasteiger partial charge in [0.15, 0.2) is 10.1 Å². The lowest BCUT2D eigenvalue weighted by Gasteiger charge is -2.32. The highest BCUT2D eigenvalue weighted by atomic mass is 127. The summed E-state index contributed by atoms with van der Waals surface area (Å²) in [7, 11) is -6.24. The van der Waals surface area contributed by atoms with E-state index in [4.69, 9.17) is 9.47 Å². The largest absolute Gasteiger partial charge is 0.743 e. The van der Waals surface area contributed by atoms with Gasteiger partial charge in [0, 0.05) is 0 Å². The summed E-state index contributed by atoms with van der Waals surface area (Å²) in [5.41, 5.74) is -0.605. The Morgan fingerprint density at radius 2 is 1.72 bits per heavy atom. The van der Waals surface area contributed by atoms with Crippen LogP contribution in [0.4, 0.5) is 13.6 Å². The van der Waals surface area contributed by atoms with Crippen molar-refractivity contribution < 1.29 is 45.6 Å². The van der Waals surface area contributed by atoms with E-state index in [0.717, 1.165) is 44.2 Å². The number of rotatable bonds is 5. The summed E-state index contributed by atoms with van der Waals surface area (Å²) in [6, 6.07) is 6.81. The van der Waals surface area contributed by atoms with Crippen LogP contribution >= 0.6 is 22.6 Å². The number of hydrogen-bond acceptors (Lipinski definition) is 8. The van der Waals surface area contributed by atoms with E-state index in [2.05, 4.69) is 4.74 Å².